The molecule has 1 aliphatic heterocycles. The predicted octanol–water partition coefficient (Wildman–Crippen LogP) is 1.23. The van der Waals surface area contributed by atoms with Crippen molar-refractivity contribution in [3.05, 3.63) is 17.0 Å². The van der Waals surface area contributed by atoms with Gasteiger partial charge in [0.2, 0.25) is 10.0 Å². The second-order valence-electron chi connectivity index (χ2n) is 4.35. The van der Waals surface area contributed by atoms with Crippen LogP contribution in [0, 0.1) is 13.8 Å². The lowest BCUT2D eigenvalue weighted by Crippen LogP contribution is -2.28. The summed E-state index contributed by atoms with van der Waals surface area (Å²) in [6, 6.07) is 0. The van der Waals surface area contributed by atoms with Crippen molar-refractivity contribution in [3.63, 3.8) is 0 Å². The third kappa shape index (κ3) is 1.91. The highest BCUT2D eigenvalue weighted by atomic mass is 32.2. The Hall–Kier alpha value is -1.14. The zero-order valence-electron chi connectivity index (χ0n) is 9.99. The molecular formula is C11H16N2O3S. The number of H-pyrrole nitrogens is 1. The van der Waals surface area contributed by atoms with Crippen LogP contribution in [-0.4, -0.2) is 37.1 Å². The van der Waals surface area contributed by atoms with Gasteiger partial charge in [-0.3, -0.25) is 4.79 Å². The molecule has 2 rings (SSSR count). The molecule has 0 spiro atoms. The van der Waals surface area contributed by atoms with Crippen molar-refractivity contribution >= 4 is 16.3 Å². The number of hydrogen-bond donors (Lipinski definition) is 1. The average Bonchev–Trinajstić information content (AvgIpc) is 2.86. The van der Waals surface area contributed by atoms with Gasteiger partial charge in [-0.2, -0.15) is 4.31 Å². The van der Waals surface area contributed by atoms with Crippen LogP contribution < -0.4 is 0 Å². The second-order valence-corrected chi connectivity index (χ2v) is 6.22. The molecule has 1 aliphatic rings. The monoisotopic (exact) mass is 256 g/mol. The second kappa shape index (κ2) is 4.27. The van der Waals surface area contributed by atoms with Crippen LogP contribution in [0.4, 0.5) is 0 Å². The summed E-state index contributed by atoms with van der Waals surface area (Å²) in [5.74, 6) is 0. The lowest BCUT2D eigenvalue weighted by molar-refractivity contribution is 0.111. The number of hydrogen-bond acceptors (Lipinski definition) is 3. The van der Waals surface area contributed by atoms with E-state index in [9.17, 15) is 13.2 Å². The summed E-state index contributed by atoms with van der Waals surface area (Å²) < 4.78 is 26.3. The summed E-state index contributed by atoms with van der Waals surface area (Å²) >= 11 is 0. The Balaban J connectivity index is 2.52. The van der Waals surface area contributed by atoms with Crippen LogP contribution >= 0.6 is 0 Å². The fourth-order valence-electron chi connectivity index (χ4n) is 2.32. The van der Waals surface area contributed by atoms with Crippen LogP contribution in [0.5, 0.6) is 0 Å². The summed E-state index contributed by atoms with van der Waals surface area (Å²) in [7, 11) is -3.45. The first-order valence-electron chi connectivity index (χ1n) is 5.63. The van der Waals surface area contributed by atoms with Crippen molar-refractivity contribution in [1.29, 1.82) is 0 Å². The van der Waals surface area contributed by atoms with Crippen molar-refractivity contribution < 1.29 is 13.2 Å². The molecule has 0 amide bonds. The summed E-state index contributed by atoms with van der Waals surface area (Å²) in [5, 5.41) is 0. The third-order valence-corrected chi connectivity index (χ3v) is 5.36. The van der Waals surface area contributed by atoms with Crippen molar-refractivity contribution in [2.75, 3.05) is 13.1 Å². The van der Waals surface area contributed by atoms with Gasteiger partial charge in [-0.1, -0.05) is 0 Å². The van der Waals surface area contributed by atoms with Crippen molar-refractivity contribution in [2.24, 2.45) is 0 Å². The van der Waals surface area contributed by atoms with E-state index in [2.05, 4.69) is 4.98 Å². The molecule has 0 aromatic carbocycles. The van der Waals surface area contributed by atoms with Crippen molar-refractivity contribution in [3.8, 4) is 0 Å². The summed E-state index contributed by atoms with van der Waals surface area (Å²) in [6.45, 7) is 4.49. The highest BCUT2D eigenvalue weighted by Gasteiger charge is 2.31. The van der Waals surface area contributed by atoms with E-state index in [1.54, 1.807) is 13.8 Å². The van der Waals surface area contributed by atoms with E-state index in [0.29, 0.717) is 36.3 Å². The van der Waals surface area contributed by atoms with Gasteiger partial charge in [0, 0.05) is 18.8 Å². The SMILES string of the molecule is Cc1[nH]c(C=O)c(C)c1S(=O)(=O)N1CCCC1. The van der Waals surface area contributed by atoms with Crippen LogP contribution in [0.3, 0.4) is 0 Å². The molecule has 6 heteroatoms. The molecule has 17 heavy (non-hydrogen) atoms. The highest BCUT2D eigenvalue weighted by molar-refractivity contribution is 7.89. The molecule has 5 nitrogen and oxygen atoms in total. The standard InChI is InChI=1S/C11H16N2O3S/c1-8-10(7-14)12-9(2)11(8)17(15,16)13-5-3-4-6-13/h7,12H,3-6H2,1-2H3. The van der Waals surface area contributed by atoms with Gasteiger partial charge in [0.1, 0.15) is 4.90 Å². The van der Waals surface area contributed by atoms with E-state index in [0.717, 1.165) is 12.8 Å². The molecule has 1 fully saturated rings. The van der Waals surface area contributed by atoms with Crippen molar-refractivity contribution in [2.45, 2.75) is 31.6 Å². The zero-order chi connectivity index (χ0) is 12.6. The number of rotatable bonds is 3. The number of aryl methyl sites for hydroxylation is 1. The summed E-state index contributed by atoms with van der Waals surface area (Å²) in [6.07, 6.45) is 2.47. The van der Waals surface area contributed by atoms with Gasteiger partial charge in [-0.05, 0) is 32.3 Å². The molecule has 1 aromatic rings. The molecule has 2 heterocycles. The van der Waals surface area contributed by atoms with Gasteiger partial charge in [0.05, 0.1) is 5.69 Å². The minimum atomic E-state index is -3.45. The quantitative estimate of drug-likeness (QED) is 0.827. The molecule has 0 radical (unpaired) electrons. The third-order valence-electron chi connectivity index (χ3n) is 3.19. The maximum absolute atomic E-state index is 12.4. The number of carbonyl (C=O) groups excluding carboxylic acids is 1. The average molecular weight is 256 g/mol. The Bertz CT molecular complexity index is 539. The van der Waals surface area contributed by atoms with Crippen LogP contribution in [0.2, 0.25) is 0 Å². The Morgan fingerprint density at radius 2 is 1.82 bits per heavy atom. The normalized spacial score (nSPS) is 17.5. The topological polar surface area (TPSA) is 70.2 Å². The van der Waals surface area contributed by atoms with Crippen LogP contribution in [0.1, 0.15) is 34.6 Å². The molecule has 0 atom stereocenters. The minimum Gasteiger partial charge on any atom is -0.355 e. The Labute approximate surface area is 101 Å². The van der Waals surface area contributed by atoms with Gasteiger partial charge in [-0.25, -0.2) is 8.42 Å². The van der Waals surface area contributed by atoms with Gasteiger partial charge < -0.3 is 4.98 Å². The number of sulfonamides is 1. The zero-order valence-corrected chi connectivity index (χ0v) is 10.8. The number of nitrogens with zero attached hydrogens (tertiary/aromatic N) is 1. The maximum Gasteiger partial charge on any atom is 0.245 e. The summed E-state index contributed by atoms with van der Waals surface area (Å²) in [5.41, 5.74) is 1.40. The molecule has 94 valence electrons. The fourth-order valence-corrected chi connectivity index (χ4v) is 4.25. The van der Waals surface area contributed by atoms with Gasteiger partial charge in [-0.15, -0.1) is 0 Å². The van der Waals surface area contributed by atoms with E-state index < -0.39 is 10.0 Å². The Morgan fingerprint density at radius 3 is 2.29 bits per heavy atom. The molecule has 1 saturated heterocycles. The van der Waals surface area contributed by atoms with Crippen molar-refractivity contribution in [1.82, 2.24) is 9.29 Å². The van der Waals surface area contributed by atoms with E-state index >= 15 is 0 Å². The molecule has 0 unspecified atom stereocenters. The van der Waals surface area contributed by atoms with Gasteiger partial charge in [0.15, 0.2) is 6.29 Å². The fraction of sp³-hybridized carbons (Fsp3) is 0.545. The molecular weight excluding hydrogens is 240 g/mol. The lowest BCUT2D eigenvalue weighted by Gasteiger charge is -2.15. The van der Waals surface area contributed by atoms with E-state index in [-0.39, 0.29) is 4.90 Å². The molecule has 0 bridgehead atoms. The molecule has 1 N–H and O–H groups in total. The Kier molecular flexibility index (Phi) is 3.09. The van der Waals surface area contributed by atoms with Crippen LogP contribution in [0.25, 0.3) is 0 Å². The maximum atomic E-state index is 12.4. The van der Waals surface area contributed by atoms with Gasteiger partial charge in [0.25, 0.3) is 0 Å². The molecule has 1 aromatic heterocycles. The van der Waals surface area contributed by atoms with E-state index in [1.807, 2.05) is 0 Å². The molecule has 0 aliphatic carbocycles. The first kappa shape index (κ1) is 12.3. The minimum absolute atomic E-state index is 0.265. The number of carbonyl (C=O) groups is 1. The lowest BCUT2D eigenvalue weighted by atomic mass is 10.3. The highest BCUT2D eigenvalue weighted by Crippen LogP contribution is 2.27. The van der Waals surface area contributed by atoms with Crippen LogP contribution in [0.15, 0.2) is 4.90 Å². The first-order chi connectivity index (χ1) is 7.98. The van der Waals surface area contributed by atoms with Crippen LogP contribution in [-0.2, 0) is 10.0 Å². The predicted molar refractivity (Wildman–Crippen MR) is 63.6 cm³/mol. The number of nitrogens with one attached hydrogen (secondary N) is 1. The number of aldehydes is 1. The van der Waals surface area contributed by atoms with Gasteiger partial charge >= 0.3 is 0 Å². The first-order valence-corrected chi connectivity index (χ1v) is 7.07. The summed E-state index contributed by atoms with van der Waals surface area (Å²) in [4.78, 5) is 13.9. The Morgan fingerprint density at radius 1 is 1.24 bits per heavy atom. The molecule has 0 saturated carbocycles. The van der Waals surface area contributed by atoms with E-state index in [4.69, 9.17) is 0 Å². The smallest absolute Gasteiger partial charge is 0.245 e. The number of aromatic amines is 1. The largest absolute Gasteiger partial charge is 0.355 e. The van der Waals surface area contributed by atoms with E-state index in [1.165, 1.54) is 4.31 Å². The number of aromatic nitrogens is 1.